The lowest BCUT2D eigenvalue weighted by Crippen LogP contribution is -2.27. The van der Waals surface area contributed by atoms with Crippen LogP contribution in [0.5, 0.6) is 5.88 Å². The highest BCUT2D eigenvalue weighted by Gasteiger charge is 2.26. The van der Waals surface area contributed by atoms with Crippen LogP contribution in [0.2, 0.25) is 0 Å². The molecule has 1 aliphatic rings. The van der Waals surface area contributed by atoms with E-state index in [0.29, 0.717) is 22.5 Å². The van der Waals surface area contributed by atoms with E-state index in [1.54, 1.807) is 4.57 Å². The second-order valence-corrected chi connectivity index (χ2v) is 7.09. The maximum Gasteiger partial charge on any atom is 0.212 e. The van der Waals surface area contributed by atoms with Gasteiger partial charge in [-0.2, -0.15) is 0 Å². The molecule has 3 atom stereocenters. The minimum atomic E-state index is 0.262. The summed E-state index contributed by atoms with van der Waals surface area (Å²) < 4.78 is 2.46. The molecule has 1 fully saturated rings. The van der Waals surface area contributed by atoms with Gasteiger partial charge in [-0.05, 0) is 37.4 Å². The largest absolute Gasteiger partial charge is 0.493 e. The van der Waals surface area contributed by atoms with E-state index in [1.807, 2.05) is 13.1 Å². The van der Waals surface area contributed by atoms with Gasteiger partial charge in [0.2, 0.25) is 5.88 Å². The summed E-state index contributed by atoms with van der Waals surface area (Å²) in [6, 6.07) is 0.383. The van der Waals surface area contributed by atoms with Crippen LogP contribution in [0.1, 0.15) is 44.9 Å². The van der Waals surface area contributed by atoms with Gasteiger partial charge in [-0.25, -0.2) is 0 Å². The molecule has 2 rings (SSSR count). The van der Waals surface area contributed by atoms with Gasteiger partial charge in [-0.15, -0.1) is 0 Å². The van der Waals surface area contributed by atoms with Crippen molar-refractivity contribution in [3.05, 3.63) is 8.83 Å². The Morgan fingerprint density at radius 2 is 2.21 bits per heavy atom. The molecule has 1 aromatic heterocycles. The Morgan fingerprint density at radius 3 is 2.84 bits per heavy atom. The summed E-state index contributed by atoms with van der Waals surface area (Å²) in [5.74, 6) is 1.62. The van der Waals surface area contributed by atoms with E-state index in [9.17, 15) is 5.11 Å². The van der Waals surface area contributed by atoms with Crippen molar-refractivity contribution in [3.8, 4) is 5.88 Å². The van der Waals surface area contributed by atoms with Crippen molar-refractivity contribution in [3.63, 3.8) is 0 Å². The molecule has 0 unspecified atom stereocenters. The van der Waals surface area contributed by atoms with Gasteiger partial charge in [-0.3, -0.25) is 9.56 Å². The lowest BCUT2D eigenvalue weighted by Gasteiger charge is -2.31. The maximum absolute atomic E-state index is 10.1. The summed E-state index contributed by atoms with van der Waals surface area (Å²) in [6.45, 7) is 7.27. The Labute approximate surface area is 124 Å². The normalized spacial score (nSPS) is 28.1. The Morgan fingerprint density at radius 1 is 1.47 bits per heavy atom. The van der Waals surface area contributed by atoms with Gasteiger partial charge in [0.25, 0.3) is 0 Å². The molecule has 1 saturated carbocycles. The predicted octanol–water partition coefficient (Wildman–Crippen LogP) is 4.25. The summed E-state index contributed by atoms with van der Waals surface area (Å²) in [4.78, 5) is 5.49. The van der Waals surface area contributed by atoms with Crippen LogP contribution in [0.4, 0.5) is 0 Å². The van der Waals surface area contributed by atoms with Gasteiger partial charge in [0.15, 0.2) is 3.95 Å². The minimum absolute atomic E-state index is 0.262. The number of rotatable bonds is 3. The molecule has 5 heteroatoms. The van der Waals surface area contributed by atoms with Crippen molar-refractivity contribution >= 4 is 29.8 Å². The topological polar surface area (TPSA) is 37.5 Å². The first-order valence-corrected chi connectivity index (χ1v) is 8.22. The van der Waals surface area contributed by atoms with E-state index >= 15 is 0 Å². The molecule has 1 heterocycles. The molecule has 1 aliphatic carbocycles. The molecule has 0 spiro atoms. The number of aromatic hydroxyl groups is 1. The average Bonchev–Trinajstić information content (AvgIpc) is 2.66. The third-order valence-corrected chi connectivity index (χ3v) is 5.63. The molecule has 3 nitrogen and oxygen atoms in total. The first kappa shape index (κ1) is 14.7. The van der Waals surface area contributed by atoms with Gasteiger partial charge < -0.3 is 5.11 Å². The highest BCUT2D eigenvalue weighted by Crippen LogP contribution is 2.32. The van der Waals surface area contributed by atoms with Gasteiger partial charge in [0.05, 0.1) is 6.04 Å². The number of hydrogen-bond donors (Lipinski definition) is 1. The van der Waals surface area contributed by atoms with Crippen LogP contribution < -0.4 is 0 Å². The molecule has 0 aliphatic heterocycles. The minimum Gasteiger partial charge on any atom is -0.493 e. The Kier molecular flexibility index (Phi) is 4.79. The Bertz CT molecular complexity index is 518. The van der Waals surface area contributed by atoms with Crippen LogP contribution in [0, 0.1) is 15.8 Å². The maximum atomic E-state index is 10.1. The second-order valence-electron chi connectivity index (χ2n) is 5.41. The van der Waals surface area contributed by atoms with Crippen molar-refractivity contribution in [2.45, 2.75) is 52.6 Å². The fourth-order valence-corrected chi connectivity index (χ4v) is 4.02. The molecule has 1 N–H and O–H groups in total. The van der Waals surface area contributed by atoms with Crippen LogP contribution in [0.15, 0.2) is 4.99 Å². The van der Waals surface area contributed by atoms with Crippen LogP contribution in [0.25, 0.3) is 0 Å². The van der Waals surface area contributed by atoms with Crippen LogP contribution in [-0.4, -0.2) is 21.9 Å². The smallest absolute Gasteiger partial charge is 0.212 e. The van der Waals surface area contributed by atoms with E-state index < -0.39 is 0 Å². The molecule has 106 valence electrons. The van der Waals surface area contributed by atoms with Crippen molar-refractivity contribution in [1.29, 1.82) is 0 Å². The first-order chi connectivity index (χ1) is 9.04. The third kappa shape index (κ3) is 3.08. The lowest BCUT2D eigenvalue weighted by atomic mass is 9.78. The molecule has 0 aromatic carbocycles. The third-order valence-electron chi connectivity index (χ3n) is 4.26. The van der Waals surface area contributed by atoms with Crippen LogP contribution in [0.3, 0.4) is 0 Å². The Balaban J connectivity index is 2.16. The summed E-state index contributed by atoms with van der Waals surface area (Å²) in [5.41, 5.74) is 0. The van der Waals surface area contributed by atoms with Crippen LogP contribution >= 0.6 is 23.6 Å². The number of aliphatic imine (C=N–C) groups is 1. The molecule has 19 heavy (non-hydrogen) atoms. The Hall–Kier alpha value is -0.680. The molecule has 0 radical (unpaired) electrons. The number of thiazole rings is 1. The van der Waals surface area contributed by atoms with E-state index in [4.69, 9.17) is 17.2 Å². The molecule has 0 saturated heterocycles. The van der Waals surface area contributed by atoms with Crippen molar-refractivity contribution in [1.82, 2.24) is 4.57 Å². The van der Waals surface area contributed by atoms with Gasteiger partial charge in [-0.1, -0.05) is 38.0 Å². The summed E-state index contributed by atoms with van der Waals surface area (Å²) in [7, 11) is 0. The zero-order valence-electron chi connectivity index (χ0n) is 11.8. The fraction of sp³-hybridized carbons (Fsp3) is 0.714. The molecule has 0 amide bonds. The van der Waals surface area contributed by atoms with Gasteiger partial charge >= 0.3 is 0 Å². The predicted molar refractivity (Wildman–Crippen MR) is 84.0 cm³/mol. The summed E-state index contributed by atoms with van der Waals surface area (Å²) >= 11 is 6.67. The molecule has 0 bridgehead atoms. The molecular formula is C14H22N2OS2. The zero-order chi connectivity index (χ0) is 14.0. The number of nitrogens with zero attached hydrogens (tertiary/aromatic N) is 2. The molecule has 1 aromatic rings. The van der Waals surface area contributed by atoms with Gasteiger partial charge in [0.1, 0.15) is 4.88 Å². The summed E-state index contributed by atoms with van der Waals surface area (Å²) in [5, 5.41) is 10.1. The highest BCUT2D eigenvalue weighted by molar-refractivity contribution is 7.73. The number of hydrogen-bond acceptors (Lipinski definition) is 4. The van der Waals surface area contributed by atoms with Crippen molar-refractivity contribution < 1.29 is 5.11 Å². The quantitative estimate of drug-likeness (QED) is 0.669. The van der Waals surface area contributed by atoms with Gasteiger partial charge in [0, 0.05) is 12.8 Å². The van der Waals surface area contributed by atoms with Crippen molar-refractivity contribution in [2.24, 2.45) is 16.8 Å². The zero-order valence-corrected chi connectivity index (χ0v) is 13.4. The SMILES string of the molecule is CCn1c(O)c(C=N[C@H]2CCC[C@H](C)[C@@H]2C)sc1=S. The number of aromatic nitrogens is 1. The highest BCUT2D eigenvalue weighted by atomic mass is 32.1. The van der Waals surface area contributed by atoms with E-state index in [2.05, 4.69) is 13.8 Å². The standard InChI is InChI=1S/C14H22N2OS2/c1-4-16-13(17)12(19-14(16)18)8-15-11-7-5-6-9(2)10(11)3/h8-11,17H,4-7H2,1-3H3/t9-,10-,11-/m0/s1. The monoisotopic (exact) mass is 298 g/mol. The fourth-order valence-electron chi connectivity index (χ4n) is 2.70. The van der Waals surface area contributed by atoms with E-state index in [0.717, 1.165) is 17.2 Å². The van der Waals surface area contributed by atoms with Crippen molar-refractivity contribution in [2.75, 3.05) is 0 Å². The van der Waals surface area contributed by atoms with E-state index in [-0.39, 0.29) is 5.88 Å². The van der Waals surface area contributed by atoms with E-state index in [1.165, 1.54) is 24.2 Å². The summed E-state index contributed by atoms with van der Waals surface area (Å²) in [6.07, 6.45) is 5.54. The first-order valence-electron chi connectivity index (χ1n) is 7.00. The molecular weight excluding hydrogens is 276 g/mol. The second kappa shape index (κ2) is 6.18. The van der Waals surface area contributed by atoms with Crippen LogP contribution in [-0.2, 0) is 6.54 Å². The lowest BCUT2D eigenvalue weighted by molar-refractivity contribution is 0.242. The average molecular weight is 298 g/mol.